The summed E-state index contributed by atoms with van der Waals surface area (Å²) >= 11 is 0. The van der Waals surface area contributed by atoms with Crippen LogP contribution in [0.4, 0.5) is 5.69 Å². The van der Waals surface area contributed by atoms with Gasteiger partial charge < -0.3 is 126 Å². The van der Waals surface area contributed by atoms with E-state index in [1.54, 1.807) is 60.8 Å². The Balaban J connectivity index is 1.42. The molecule has 5 aromatic rings. The number of benzene rings is 3. The van der Waals surface area contributed by atoms with Crippen molar-refractivity contribution >= 4 is 146 Å². The third-order valence-electron chi connectivity index (χ3n) is 19.8. The van der Waals surface area contributed by atoms with Crippen LogP contribution in [0.25, 0.3) is 21.9 Å². The highest BCUT2D eigenvalue weighted by molar-refractivity contribution is 6.05. The zero-order valence-electron chi connectivity index (χ0n) is 69.0. The van der Waals surface area contributed by atoms with E-state index in [1.165, 1.54) is 24.3 Å². The summed E-state index contributed by atoms with van der Waals surface area (Å²) in [6, 6.07) is -1.88. The molecule has 1 aliphatic heterocycles. The minimum atomic E-state index is -2.47. The van der Waals surface area contributed by atoms with Gasteiger partial charge in [-0.3, -0.25) is 91.1 Å². The van der Waals surface area contributed by atoms with Crippen LogP contribution in [0.3, 0.4) is 0 Å². The summed E-state index contributed by atoms with van der Waals surface area (Å²) < 4.78 is 11.6. The number of nitrogens with two attached hydrogens (primary N) is 2. The van der Waals surface area contributed by atoms with Gasteiger partial charge in [0.25, 0.3) is 0 Å². The minimum Gasteiger partial charge on any atom is -0.481 e. The number of carboxylic acids is 4. The fraction of sp³-hybridized carbons (Fsp3) is 0.481. The van der Waals surface area contributed by atoms with Gasteiger partial charge in [-0.2, -0.15) is 0 Å². The van der Waals surface area contributed by atoms with Gasteiger partial charge in [-0.1, -0.05) is 101 Å². The molecule has 4 unspecified atom stereocenters. The summed E-state index contributed by atoms with van der Waals surface area (Å²) in [6.45, 7) is 1.45. The van der Waals surface area contributed by atoms with Crippen molar-refractivity contribution in [3.8, 4) is 0 Å². The first-order valence-corrected chi connectivity index (χ1v) is 40.3. The molecule has 125 heavy (non-hydrogen) atoms. The molecule has 1 aliphatic rings. The number of anilines is 1. The lowest BCUT2D eigenvalue weighted by Crippen LogP contribution is -2.62. The van der Waals surface area contributed by atoms with Crippen LogP contribution in [0.2, 0.25) is 0 Å². The molecule has 0 aliphatic carbocycles. The number of Topliss-reactive ketones (excluding diaryl/α,β-unsaturated/α-hetero) is 1. The van der Waals surface area contributed by atoms with E-state index in [-0.39, 0.29) is 50.0 Å². The molecule has 0 saturated carbocycles. The van der Waals surface area contributed by atoms with Crippen molar-refractivity contribution in [2.45, 2.75) is 216 Å². The third-order valence-corrected chi connectivity index (χ3v) is 19.8. The van der Waals surface area contributed by atoms with E-state index in [0.29, 0.717) is 40.7 Å². The number of amides is 14. The normalized spacial score (nSPS) is 20.5. The van der Waals surface area contributed by atoms with Crippen LogP contribution in [0.15, 0.2) is 89.5 Å². The lowest BCUT2D eigenvalue weighted by atomic mass is 9.96. The molecule has 0 spiro atoms. The Hall–Kier alpha value is -13.9. The number of ether oxygens (including phenoxy) is 1. The number of cyclic esters (lactones) is 1. The first-order chi connectivity index (χ1) is 59.3. The van der Waals surface area contributed by atoms with Gasteiger partial charge in [0.05, 0.1) is 58.3 Å². The number of furan rings is 1. The number of rotatable bonds is 38. The first-order valence-electron chi connectivity index (χ1n) is 40.3. The third kappa shape index (κ3) is 33.1. The maximum absolute atomic E-state index is 15.0. The molecular formula is C81H107N17O27. The van der Waals surface area contributed by atoms with E-state index in [0.717, 1.165) is 58.3 Å². The number of H-pyrrole nitrogens is 1. The van der Waals surface area contributed by atoms with Gasteiger partial charge in [-0.25, -0.2) is 4.79 Å². The second-order valence-electron chi connectivity index (χ2n) is 29.9. The molecule has 3 aromatic carbocycles. The topological polar surface area (TPSA) is 701 Å². The van der Waals surface area contributed by atoms with E-state index >= 15 is 0 Å². The predicted octanol–water partition coefficient (Wildman–Crippen LogP) is -3.04. The Morgan fingerprint density at radius 2 is 1.12 bits per heavy atom. The van der Waals surface area contributed by atoms with Crippen LogP contribution >= 0.6 is 0 Å². The number of aliphatic hydroxyl groups is 1. The van der Waals surface area contributed by atoms with E-state index in [2.05, 4.69) is 75.7 Å². The highest BCUT2D eigenvalue weighted by Gasteiger charge is 2.41. The smallest absolute Gasteiger partial charge is 0.329 e. The molecule has 44 nitrogen and oxygen atoms in total. The number of unbranched alkanes of at least 4 members (excludes halogenated alkanes) is 6. The largest absolute Gasteiger partial charge is 0.481 e. The Bertz CT molecular complexity index is 4710. The summed E-state index contributed by atoms with van der Waals surface area (Å²) in [7, 11) is 0. The Kier molecular flexibility index (Phi) is 39.8. The molecule has 0 bridgehead atoms. The average molecular weight is 1750 g/mol. The van der Waals surface area contributed by atoms with Gasteiger partial charge in [0.2, 0.25) is 82.7 Å². The van der Waals surface area contributed by atoms with Crippen LogP contribution in [-0.2, 0) is 109 Å². The van der Waals surface area contributed by atoms with Gasteiger partial charge in [0, 0.05) is 53.0 Å². The van der Waals surface area contributed by atoms with Crippen molar-refractivity contribution in [1.82, 2.24) is 79.4 Å². The number of nitrogen functional groups attached to an aromatic ring is 1. The Morgan fingerprint density at radius 1 is 0.552 bits per heavy atom. The summed E-state index contributed by atoms with van der Waals surface area (Å²) in [5.41, 5.74) is 13.0. The van der Waals surface area contributed by atoms with Crippen molar-refractivity contribution in [1.29, 1.82) is 0 Å². The SMILES string of the molecule is CCCCCCCCCC(=O)N[C@@H](Cc1c[nH]c2ccccc12)C(=O)N[C@@H](CC(N)=O)C(=O)N[C@@H](CC(=O)O)C(=O)NC1C(=O)NCC(=O)N[C@@H](CCCNCc2cc3ccccc3o2)C(=O)NC(CC(=O)O)C(=O)N[C@H](C)C(=O)N[C@@H](CC(=O)O)C(=O)NCC(=O)N[C@H](CO)C(=O)NC([C@H](C)CC(=O)O)C(=O)N[C@@H](CC(=O)c2ccccc2N)C(=O)OC1C. The molecule has 0 radical (unpaired) electrons. The number of aromatic amines is 1. The zero-order valence-corrected chi connectivity index (χ0v) is 69.0. The molecule has 1 fully saturated rings. The number of carbonyl (C=O) groups excluding carboxylic acids is 16. The number of esters is 1. The number of ketones is 1. The van der Waals surface area contributed by atoms with Crippen molar-refractivity contribution in [2.24, 2.45) is 11.7 Å². The average Bonchev–Trinajstić information content (AvgIpc) is 1.73. The molecule has 6 rings (SSSR count). The second kappa shape index (κ2) is 49.8. The number of carbonyl (C=O) groups is 20. The Labute approximate surface area is 714 Å². The number of primary amides is 1. The zero-order chi connectivity index (χ0) is 92.1. The highest BCUT2D eigenvalue weighted by atomic mass is 16.5. The quantitative estimate of drug-likeness (QED) is 0.00808. The van der Waals surface area contributed by atoms with Crippen molar-refractivity contribution < 1.29 is 131 Å². The number of nitrogens with one attached hydrogen (secondary N) is 15. The molecule has 2 aromatic heterocycles. The number of aromatic nitrogens is 1. The van der Waals surface area contributed by atoms with E-state index in [1.807, 2.05) is 10.6 Å². The maximum Gasteiger partial charge on any atom is 0.329 e. The number of hydrogen-bond acceptors (Lipinski definition) is 25. The molecule has 3 heterocycles. The molecule has 1 saturated heterocycles. The van der Waals surface area contributed by atoms with Crippen LogP contribution in [0.1, 0.15) is 152 Å². The van der Waals surface area contributed by atoms with E-state index < -0.39 is 255 Å². The summed E-state index contributed by atoms with van der Waals surface area (Å²) in [6.07, 6.45) is -2.35. The molecule has 678 valence electrons. The van der Waals surface area contributed by atoms with E-state index in [4.69, 9.17) is 20.6 Å². The summed E-state index contributed by atoms with van der Waals surface area (Å²) in [5.74, 6) is -29.3. The fourth-order valence-corrected chi connectivity index (χ4v) is 13.2. The van der Waals surface area contributed by atoms with Gasteiger partial charge in [-0.05, 0) is 81.5 Å². The second-order valence-corrected chi connectivity index (χ2v) is 29.9. The highest BCUT2D eigenvalue weighted by Crippen LogP contribution is 2.23. The maximum atomic E-state index is 15.0. The van der Waals surface area contributed by atoms with Crippen molar-refractivity contribution in [3.63, 3.8) is 0 Å². The van der Waals surface area contributed by atoms with Gasteiger partial charge >= 0.3 is 29.8 Å². The number of aliphatic carboxylic acids is 4. The van der Waals surface area contributed by atoms with Crippen molar-refractivity contribution in [3.05, 3.63) is 102 Å². The number of para-hydroxylation sites is 3. The summed E-state index contributed by atoms with van der Waals surface area (Å²) in [5, 5.41) is 83.5. The van der Waals surface area contributed by atoms with Crippen LogP contribution in [0, 0.1) is 5.92 Å². The standard InChI is InChI=1S/C81H107N17O27/c1-5-6-7-8-9-10-11-26-62(102)90-52(30-45-36-85-50-23-16-14-20-47(45)50)75(117)93-53(32-61(83)101)76(118)95-56(35-68(111)112)77(119)98-70-43(4)124-81(123)57(31-59(100)48-21-13-15-22-49(48)82)96-80(122)69(41(2)28-65(105)106)97-78(120)58(40-99)91-64(104)38-86-72(114)54(33-66(107)108)92-71(113)42(3)88-74(116)55(34-67(109)110)94-73(115)51(89-63(103)39-87-79(70)121)24-18-27-84-37-46-29-44-19-12-17-25-60(44)125-46/h12-17,19-23,25,29,36,41-43,51-58,69-70,84-85,99H,5-11,18,24,26-28,30-35,37-40,82H2,1-4H3,(H2,83,101)(H,86,114)(H,87,121)(H,88,116)(H,89,103)(H,90,102)(H,91,104)(H,92,113)(H,93,117)(H,94,115)(H,95,118)(H,96,122)(H,97,120)(H,98,119)(H,105,106)(H,107,108)(H,109,110)(H,111,112)/t41-,42-,43?,51+,52+,53+,54+,55?,56+,57+,58-,69?,70?/m1/s1. The van der Waals surface area contributed by atoms with Gasteiger partial charge in [0.15, 0.2) is 5.78 Å². The fourth-order valence-electron chi connectivity index (χ4n) is 13.2. The molecule has 13 atom stereocenters. The number of carboxylic acid groups (broad SMARTS) is 4. The lowest BCUT2D eigenvalue weighted by molar-refractivity contribution is -0.156. The molecular weight excluding hydrogens is 1640 g/mol. The van der Waals surface area contributed by atoms with Crippen molar-refractivity contribution in [2.75, 3.05) is 32.0 Å². The Morgan fingerprint density at radius 3 is 1.76 bits per heavy atom. The molecule has 44 heteroatoms. The van der Waals surface area contributed by atoms with Gasteiger partial charge in [0.1, 0.15) is 83.9 Å². The minimum absolute atomic E-state index is 0.0226. The molecule has 14 amide bonds. The lowest BCUT2D eigenvalue weighted by Gasteiger charge is -2.30. The molecule has 24 N–H and O–H groups in total. The monoisotopic (exact) mass is 1750 g/mol. The predicted molar refractivity (Wildman–Crippen MR) is 439 cm³/mol. The number of hydrogen-bond donors (Lipinski definition) is 22. The number of aliphatic hydroxyl groups excluding tert-OH is 1. The summed E-state index contributed by atoms with van der Waals surface area (Å²) in [4.78, 5) is 280. The van der Waals surface area contributed by atoms with Crippen LogP contribution < -0.4 is 85.9 Å². The van der Waals surface area contributed by atoms with Gasteiger partial charge in [-0.15, -0.1) is 0 Å². The number of fused-ring (bicyclic) bond motifs is 2. The van der Waals surface area contributed by atoms with Crippen LogP contribution in [-0.4, -0.2) is 248 Å². The van der Waals surface area contributed by atoms with Crippen LogP contribution in [0.5, 0.6) is 0 Å². The van der Waals surface area contributed by atoms with E-state index in [9.17, 15) is 121 Å². The first kappa shape index (κ1) is 99.9.